The second-order valence-corrected chi connectivity index (χ2v) is 6.30. The van der Waals surface area contributed by atoms with Gasteiger partial charge >= 0.3 is 11.8 Å². The van der Waals surface area contributed by atoms with Crippen LogP contribution in [0.5, 0.6) is 0 Å². The smallest absolute Gasteiger partial charge is 0.411 e. The van der Waals surface area contributed by atoms with Gasteiger partial charge in [-0.05, 0) is 56.5 Å². The number of rotatable bonds is 6. The van der Waals surface area contributed by atoms with Gasteiger partial charge < -0.3 is 15.8 Å². The number of nitrogens with zero attached hydrogens (tertiary/aromatic N) is 1. The molecule has 2 rings (SSSR count). The molecule has 2 aromatic carbocycles. The summed E-state index contributed by atoms with van der Waals surface area (Å²) >= 11 is 0. The quantitative estimate of drug-likeness (QED) is 0.395. The van der Waals surface area contributed by atoms with E-state index in [1.807, 2.05) is 20.8 Å². The molecule has 0 saturated heterocycles. The van der Waals surface area contributed by atoms with E-state index in [4.69, 9.17) is 10.5 Å². The van der Waals surface area contributed by atoms with Crippen LogP contribution in [0, 0.1) is 30.9 Å². The fourth-order valence-electron chi connectivity index (χ4n) is 3.01. The highest BCUT2D eigenvalue weighted by Crippen LogP contribution is 2.35. The average molecular weight is 372 g/mol. The lowest BCUT2D eigenvalue weighted by molar-refractivity contribution is -0.383. The van der Waals surface area contributed by atoms with Crippen molar-refractivity contribution in [3.8, 4) is 0 Å². The van der Waals surface area contributed by atoms with Crippen molar-refractivity contribution in [1.82, 2.24) is 0 Å². The van der Waals surface area contributed by atoms with Crippen molar-refractivity contribution in [3.05, 3.63) is 56.6 Å². The molecule has 0 unspecified atom stereocenters. The van der Waals surface area contributed by atoms with E-state index in [-0.39, 0.29) is 23.7 Å². The second kappa shape index (κ2) is 8.39. The van der Waals surface area contributed by atoms with E-state index >= 15 is 0 Å². The van der Waals surface area contributed by atoms with Gasteiger partial charge in [-0.3, -0.25) is 15.4 Å². The third-order valence-electron chi connectivity index (χ3n) is 4.14. The SMILES string of the molecule is CCOC(=O)Nc1cc(NCc2c(C)cc(C)cc2C)cc(N)c1[N+](=O)[O-]. The average Bonchev–Trinajstić information content (AvgIpc) is 2.53. The molecule has 4 N–H and O–H groups in total. The fraction of sp³-hybridized carbons (Fsp3) is 0.316. The number of ether oxygens (including phenoxy) is 1. The number of amides is 1. The van der Waals surface area contributed by atoms with Crippen LogP contribution < -0.4 is 16.4 Å². The van der Waals surface area contributed by atoms with Crippen LogP contribution in [0.25, 0.3) is 0 Å². The van der Waals surface area contributed by atoms with Crippen molar-refractivity contribution in [1.29, 1.82) is 0 Å². The number of nitro groups is 1. The van der Waals surface area contributed by atoms with Gasteiger partial charge in [-0.1, -0.05) is 17.7 Å². The minimum absolute atomic E-state index is 0.0155. The molecule has 8 nitrogen and oxygen atoms in total. The standard InChI is InChI=1S/C19H24N4O4/c1-5-27-19(24)22-17-9-14(8-16(20)18(17)23(25)26)21-10-15-12(3)6-11(2)7-13(15)4/h6-9,21H,5,10,20H2,1-4H3,(H,22,24). The molecule has 0 aromatic heterocycles. The van der Waals surface area contributed by atoms with Crippen molar-refractivity contribution >= 4 is 28.8 Å². The number of hydrogen-bond donors (Lipinski definition) is 3. The molecule has 0 saturated carbocycles. The van der Waals surface area contributed by atoms with E-state index in [2.05, 4.69) is 22.8 Å². The lowest BCUT2D eigenvalue weighted by Gasteiger charge is -2.15. The predicted molar refractivity (Wildman–Crippen MR) is 106 cm³/mol. The van der Waals surface area contributed by atoms with E-state index in [0.717, 1.165) is 16.7 Å². The van der Waals surface area contributed by atoms with E-state index in [1.165, 1.54) is 17.7 Å². The zero-order valence-corrected chi connectivity index (χ0v) is 15.9. The van der Waals surface area contributed by atoms with Crippen LogP contribution in [-0.2, 0) is 11.3 Å². The van der Waals surface area contributed by atoms with E-state index in [9.17, 15) is 14.9 Å². The molecule has 0 aliphatic carbocycles. The van der Waals surface area contributed by atoms with Crippen molar-refractivity contribution in [2.45, 2.75) is 34.2 Å². The summed E-state index contributed by atoms with van der Waals surface area (Å²) in [7, 11) is 0. The summed E-state index contributed by atoms with van der Waals surface area (Å²) in [6.07, 6.45) is -0.776. The molecule has 0 aliphatic heterocycles. The second-order valence-electron chi connectivity index (χ2n) is 6.30. The first-order valence-corrected chi connectivity index (χ1v) is 8.55. The summed E-state index contributed by atoms with van der Waals surface area (Å²) in [5.41, 5.74) is 10.6. The molecule has 144 valence electrons. The number of hydrogen-bond acceptors (Lipinski definition) is 6. The molecule has 0 atom stereocenters. The lowest BCUT2D eigenvalue weighted by atomic mass is 10.00. The Morgan fingerprint density at radius 3 is 2.37 bits per heavy atom. The largest absolute Gasteiger partial charge is 0.450 e. The third-order valence-corrected chi connectivity index (χ3v) is 4.14. The van der Waals surface area contributed by atoms with Gasteiger partial charge in [-0.2, -0.15) is 0 Å². The van der Waals surface area contributed by atoms with Gasteiger partial charge in [-0.15, -0.1) is 0 Å². The van der Waals surface area contributed by atoms with Gasteiger partial charge in [0.15, 0.2) is 0 Å². The Morgan fingerprint density at radius 1 is 1.19 bits per heavy atom. The molecule has 0 heterocycles. The third kappa shape index (κ3) is 4.87. The summed E-state index contributed by atoms with van der Waals surface area (Å²) in [5, 5.41) is 16.9. The summed E-state index contributed by atoms with van der Waals surface area (Å²) in [5.74, 6) is 0. The number of aryl methyl sites for hydroxylation is 3. The van der Waals surface area contributed by atoms with Crippen LogP contribution in [0.15, 0.2) is 24.3 Å². The van der Waals surface area contributed by atoms with Gasteiger partial charge in [0.2, 0.25) is 0 Å². The molecular formula is C19H24N4O4. The Bertz CT molecular complexity index is 857. The van der Waals surface area contributed by atoms with E-state index in [0.29, 0.717) is 12.2 Å². The van der Waals surface area contributed by atoms with E-state index < -0.39 is 11.0 Å². The molecule has 8 heteroatoms. The number of benzene rings is 2. The molecule has 2 aromatic rings. The highest BCUT2D eigenvalue weighted by molar-refractivity contribution is 5.92. The highest BCUT2D eigenvalue weighted by Gasteiger charge is 2.22. The van der Waals surface area contributed by atoms with Gasteiger partial charge in [0.25, 0.3) is 0 Å². The van der Waals surface area contributed by atoms with Crippen LogP contribution in [0.1, 0.15) is 29.2 Å². The van der Waals surface area contributed by atoms with Crippen molar-refractivity contribution in [3.63, 3.8) is 0 Å². The summed E-state index contributed by atoms with van der Waals surface area (Å²) in [6.45, 7) is 8.44. The maximum atomic E-state index is 11.7. The number of nitro benzene ring substituents is 1. The molecule has 0 fully saturated rings. The first-order valence-electron chi connectivity index (χ1n) is 8.55. The van der Waals surface area contributed by atoms with Gasteiger partial charge in [0, 0.05) is 12.2 Å². The number of carbonyl (C=O) groups is 1. The van der Waals surface area contributed by atoms with Gasteiger partial charge in [0.05, 0.1) is 11.5 Å². The zero-order chi connectivity index (χ0) is 20.1. The Kier molecular flexibility index (Phi) is 6.23. The normalized spacial score (nSPS) is 10.4. The number of nitrogen functional groups attached to an aromatic ring is 1. The number of carbonyl (C=O) groups excluding carboxylic acids is 1. The Hall–Kier alpha value is -3.29. The Balaban J connectivity index is 2.31. The van der Waals surface area contributed by atoms with Crippen LogP contribution >= 0.6 is 0 Å². The predicted octanol–water partition coefficient (Wildman–Crippen LogP) is 4.28. The number of nitrogens with one attached hydrogen (secondary N) is 2. The first-order chi connectivity index (χ1) is 12.7. The molecule has 1 amide bonds. The topological polar surface area (TPSA) is 120 Å². The maximum absolute atomic E-state index is 11.7. The lowest BCUT2D eigenvalue weighted by Crippen LogP contribution is -2.15. The summed E-state index contributed by atoms with van der Waals surface area (Å²) in [4.78, 5) is 22.4. The monoisotopic (exact) mass is 372 g/mol. The molecule has 0 bridgehead atoms. The summed E-state index contributed by atoms with van der Waals surface area (Å²) < 4.78 is 4.80. The van der Waals surface area contributed by atoms with Crippen molar-refractivity contribution in [2.75, 3.05) is 23.0 Å². The first kappa shape index (κ1) is 20.0. The molecule has 0 radical (unpaired) electrons. The van der Waals surface area contributed by atoms with Crippen molar-refractivity contribution < 1.29 is 14.5 Å². The zero-order valence-electron chi connectivity index (χ0n) is 15.9. The molecule has 0 aliphatic rings. The van der Waals surface area contributed by atoms with Crippen LogP contribution in [-0.4, -0.2) is 17.6 Å². The molecule has 27 heavy (non-hydrogen) atoms. The number of anilines is 3. The van der Waals surface area contributed by atoms with Crippen LogP contribution in [0.3, 0.4) is 0 Å². The van der Waals surface area contributed by atoms with Crippen LogP contribution in [0.2, 0.25) is 0 Å². The summed E-state index contributed by atoms with van der Waals surface area (Å²) in [6, 6.07) is 7.15. The van der Waals surface area contributed by atoms with Gasteiger partial charge in [0.1, 0.15) is 11.4 Å². The van der Waals surface area contributed by atoms with Crippen molar-refractivity contribution in [2.24, 2.45) is 0 Å². The van der Waals surface area contributed by atoms with Gasteiger partial charge in [-0.25, -0.2) is 4.79 Å². The van der Waals surface area contributed by atoms with Crippen LogP contribution in [0.4, 0.5) is 27.5 Å². The Morgan fingerprint density at radius 2 is 1.81 bits per heavy atom. The minimum atomic E-state index is -0.776. The highest BCUT2D eigenvalue weighted by atomic mass is 16.6. The minimum Gasteiger partial charge on any atom is -0.450 e. The molecule has 0 spiro atoms. The fourth-order valence-corrected chi connectivity index (χ4v) is 3.01. The van der Waals surface area contributed by atoms with E-state index in [1.54, 1.807) is 6.92 Å². The Labute approximate surface area is 157 Å². The molecular weight excluding hydrogens is 348 g/mol. The number of nitrogens with two attached hydrogens (primary N) is 1. The maximum Gasteiger partial charge on any atom is 0.411 e.